The summed E-state index contributed by atoms with van der Waals surface area (Å²) >= 11 is 4.25. The zero-order valence-corrected chi connectivity index (χ0v) is 11.0. The first-order valence-electron chi connectivity index (χ1n) is 3.05. The Bertz CT molecular complexity index is 225. The molecule has 3 heteroatoms. The number of halogens is 2. The fourth-order valence-corrected chi connectivity index (χ4v) is 0.640. The summed E-state index contributed by atoms with van der Waals surface area (Å²) < 4.78 is 12.3. The summed E-state index contributed by atoms with van der Waals surface area (Å²) in [4.78, 5) is 0. The van der Waals surface area contributed by atoms with Crippen LogP contribution in [-0.4, -0.2) is 0 Å². The summed E-state index contributed by atoms with van der Waals surface area (Å²) in [6.45, 7) is 5.55. The number of hydrogen-bond acceptors (Lipinski definition) is 0. The summed E-state index contributed by atoms with van der Waals surface area (Å²) in [6.07, 6.45) is 0. The summed E-state index contributed by atoms with van der Waals surface area (Å²) in [6, 6.07) is 4.58. The molecule has 0 aliphatic rings. The summed E-state index contributed by atoms with van der Waals surface area (Å²) in [5, 5.41) is 0. The van der Waals surface area contributed by atoms with E-state index in [2.05, 4.69) is 20.5 Å². The standard InChI is InChI=1S/C8H8F.BrH.Zn/c1-6-3-4-8(9)5-7(6)2;;/h3-5H,2H2,1H3;1H;/q-1;;+2/p-1. The van der Waals surface area contributed by atoms with E-state index < -0.39 is 0 Å². The van der Waals surface area contributed by atoms with Crippen molar-refractivity contribution in [3.05, 3.63) is 42.1 Å². The second kappa shape index (κ2) is 5.73. The molecule has 1 aromatic rings. The molecule has 0 aliphatic carbocycles. The van der Waals surface area contributed by atoms with E-state index in [1.165, 1.54) is 28.5 Å². The van der Waals surface area contributed by atoms with E-state index in [0.717, 1.165) is 11.1 Å². The van der Waals surface area contributed by atoms with Gasteiger partial charge in [-0.25, -0.2) is 4.39 Å². The van der Waals surface area contributed by atoms with Gasteiger partial charge in [0.15, 0.2) is 0 Å². The Morgan fingerprint density at radius 3 is 2.36 bits per heavy atom. The van der Waals surface area contributed by atoms with Crippen molar-refractivity contribution in [1.82, 2.24) is 0 Å². The van der Waals surface area contributed by atoms with E-state index in [-0.39, 0.29) is 5.82 Å². The first kappa shape index (κ1) is 11.1. The number of rotatable bonds is 0. The Balaban J connectivity index is 0.000000461. The van der Waals surface area contributed by atoms with Gasteiger partial charge in [-0.05, 0) is 0 Å². The fourth-order valence-electron chi connectivity index (χ4n) is 0.640. The second-order valence-electron chi connectivity index (χ2n) is 2.07. The summed E-state index contributed by atoms with van der Waals surface area (Å²) in [5.41, 5.74) is 1.78. The van der Waals surface area contributed by atoms with Gasteiger partial charge in [0, 0.05) is 0 Å². The van der Waals surface area contributed by atoms with Crippen LogP contribution in [0.15, 0.2) is 18.2 Å². The normalized spacial score (nSPS) is 8.45. The van der Waals surface area contributed by atoms with Crippen LogP contribution < -0.4 is 0 Å². The van der Waals surface area contributed by atoms with Crippen molar-refractivity contribution < 1.29 is 20.7 Å². The van der Waals surface area contributed by atoms with Crippen molar-refractivity contribution in [2.75, 3.05) is 0 Å². The van der Waals surface area contributed by atoms with Crippen LogP contribution in [0.3, 0.4) is 0 Å². The molecule has 0 fully saturated rings. The maximum absolute atomic E-state index is 12.3. The van der Waals surface area contributed by atoms with Gasteiger partial charge in [0.25, 0.3) is 0 Å². The van der Waals surface area contributed by atoms with E-state index in [1.807, 2.05) is 6.92 Å². The van der Waals surface area contributed by atoms with Crippen molar-refractivity contribution >= 4 is 13.6 Å². The van der Waals surface area contributed by atoms with Crippen LogP contribution in [0.5, 0.6) is 0 Å². The Labute approximate surface area is 83.2 Å². The topological polar surface area (TPSA) is 0 Å². The van der Waals surface area contributed by atoms with Gasteiger partial charge in [-0.2, -0.15) is 18.1 Å². The van der Waals surface area contributed by atoms with E-state index in [4.69, 9.17) is 0 Å². The van der Waals surface area contributed by atoms with Crippen LogP contribution in [0.4, 0.5) is 4.39 Å². The second-order valence-corrected chi connectivity index (χ2v) is 2.07. The minimum atomic E-state index is -0.217. The molecule has 0 amide bonds. The van der Waals surface area contributed by atoms with Crippen molar-refractivity contribution in [1.29, 1.82) is 0 Å². The third-order valence-electron chi connectivity index (χ3n) is 1.31. The number of hydrogen-bond donors (Lipinski definition) is 0. The molecule has 56 valence electrons. The number of aryl methyl sites for hydroxylation is 1. The molecule has 0 aliphatic heterocycles. The zero-order valence-electron chi connectivity index (χ0n) is 6.40. The van der Waals surface area contributed by atoms with Crippen molar-refractivity contribution in [2.24, 2.45) is 0 Å². The SMILES string of the molecule is [CH2-]c1cc(F)ccc1C.[Zn+][Br]. The Kier molecular flexibility index (Phi) is 5.80. The Hall–Kier alpha value is 0.123. The third-order valence-corrected chi connectivity index (χ3v) is 1.31. The third kappa shape index (κ3) is 3.88. The number of benzene rings is 1. The molecule has 0 saturated carbocycles. The van der Waals surface area contributed by atoms with E-state index in [9.17, 15) is 4.39 Å². The van der Waals surface area contributed by atoms with Gasteiger partial charge in [-0.1, -0.05) is 13.0 Å². The van der Waals surface area contributed by atoms with Crippen LogP contribution in [-0.2, 0) is 16.3 Å². The van der Waals surface area contributed by atoms with Gasteiger partial charge in [-0.15, -0.1) is 12.1 Å². The fraction of sp³-hybridized carbons (Fsp3) is 0.125. The minimum absolute atomic E-state index is 0.217. The Morgan fingerprint density at radius 1 is 1.45 bits per heavy atom. The van der Waals surface area contributed by atoms with Gasteiger partial charge < -0.3 is 0 Å². The molecular weight excluding hydrogens is 260 g/mol. The molecule has 0 radical (unpaired) electrons. The van der Waals surface area contributed by atoms with E-state index >= 15 is 0 Å². The average molecular weight is 268 g/mol. The predicted octanol–water partition coefficient (Wildman–Crippen LogP) is 3.16. The quantitative estimate of drug-likeness (QED) is 0.501. The molecule has 1 aromatic carbocycles. The van der Waals surface area contributed by atoms with Gasteiger partial charge in [0.1, 0.15) is 0 Å². The summed E-state index contributed by atoms with van der Waals surface area (Å²) in [5.74, 6) is -0.217. The predicted molar refractivity (Wildman–Crippen MR) is 44.5 cm³/mol. The molecule has 0 nitrogen and oxygen atoms in total. The van der Waals surface area contributed by atoms with Crippen molar-refractivity contribution in [3.63, 3.8) is 0 Å². The van der Waals surface area contributed by atoms with Crippen LogP contribution in [0, 0.1) is 19.7 Å². The molecule has 0 unspecified atom stereocenters. The average Bonchev–Trinajstić information content (AvgIpc) is 2.02. The van der Waals surface area contributed by atoms with Crippen LogP contribution in [0.25, 0.3) is 0 Å². The maximum atomic E-state index is 12.3. The zero-order chi connectivity index (χ0) is 8.85. The van der Waals surface area contributed by atoms with Gasteiger partial charge in [-0.3, -0.25) is 0 Å². The molecule has 0 bridgehead atoms. The molecule has 0 N–H and O–H groups in total. The van der Waals surface area contributed by atoms with Crippen molar-refractivity contribution in [3.8, 4) is 0 Å². The molecule has 0 aromatic heterocycles. The molecule has 0 saturated heterocycles. The van der Waals surface area contributed by atoms with E-state index in [0.29, 0.717) is 0 Å². The molecule has 1 rings (SSSR count). The van der Waals surface area contributed by atoms with Crippen LogP contribution in [0.2, 0.25) is 0 Å². The monoisotopic (exact) mass is 266 g/mol. The summed E-state index contributed by atoms with van der Waals surface area (Å²) in [7, 11) is 0. The first-order valence-corrected chi connectivity index (χ1v) is 10.00. The van der Waals surface area contributed by atoms with Gasteiger partial charge in [0.2, 0.25) is 0 Å². The van der Waals surface area contributed by atoms with Crippen LogP contribution in [0.1, 0.15) is 11.1 Å². The Morgan fingerprint density at radius 2 is 2.00 bits per heavy atom. The van der Waals surface area contributed by atoms with Crippen LogP contribution >= 0.6 is 13.6 Å². The molecule has 0 spiro atoms. The van der Waals surface area contributed by atoms with Gasteiger partial charge in [0.05, 0.1) is 5.82 Å². The molecule has 11 heavy (non-hydrogen) atoms. The first-order chi connectivity index (χ1) is 5.20. The molecular formula is C8H8BrFZn. The van der Waals surface area contributed by atoms with Gasteiger partial charge >= 0.3 is 30.0 Å². The van der Waals surface area contributed by atoms with E-state index in [1.54, 1.807) is 6.07 Å². The molecule has 0 heterocycles. The molecule has 0 atom stereocenters. The van der Waals surface area contributed by atoms with Crippen molar-refractivity contribution in [2.45, 2.75) is 6.92 Å².